The van der Waals surface area contributed by atoms with Crippen molar-refractivity contribution in [3.63, 3.8) is 0 Å². The molecule has 1 atom stereocenters. The number of carbonyl (C=O) groups is 1. The van der Waals surface area contributed by atoms with Gasteiger partial charge >= 0.3 is 5.97 Å². The first-order valence-corrected chi connectivity index (χ1v) is 13.6. The second kappa shape index (κ2) is 10.7. The fraction of sp³-hybridized carbons (Fsp3) is 0.207. The van der Waals surface area contributed by atoms with Gasteiger partial charge in [-0.2, -0.15) is 0 Å². The number of ether oxygens (including phenoxy) is 4. The number of methoxy groups -OCH3 is 1. The van der Waals surface area contributed by atoms with Crippen LogP contribution in [0, 0.1) is 10.1 Å². The topological polar surface area (TPSA) is 145 Å². The first-order chi connectivity index (χ1) is 20.3. The molecule has 0 radical (unpaired) electrons. The van der Waals surface area contributed by atoms with Crippen LogP contribution >= 0.6 is 11.3 Å². The van der Waals surface area contributed by atoms with Gasteiger partial charge in [0.2, 0.25) is 6.79 Å². The number of hydrogen-bond acceptors (Lipinski definition) is 11. The zero-order valence-electron chi connectivity index (χ0n) is 22.6. The van der Waals surface area contributed by atoms with Crippen LogP contribution in [-0.4, -0.2) is 36.0 Å². The van der Waals surface area contributed by atoms with E-state index >= 15 is 0 Å². The molecule has 6 rings (SSSR count). The predicted octanol–water partition coefficient (Wildman–Crippen LogP) is 3.70. The highest BCUT2D eigenvalue weighted by Crippen LogP contribution is 2.38. The lowest BCUT2D eigenvalue weighted by molar-refractivity contribution is -0.384. The van der Waals surface area contributed by atoms with E-state index in [0.29, 0.717) is 54.9 Å². The molecule has 12 nitrogen and oxygen atoms in total. The van der Waals surface area contributed by atoms with Gasteiger partial charge in [0.05, 0.1) is 46.0 Å². The number of rotatable bonds is 7. The summed E-state index contributed by atoms with van der Waals surface area (Å²) in [5, 5.41) is 11.3. The summed E-state index contributed by atoms with van der Waals surface area (Å²) in [5.41, 5.74) is 1.19. The third-order valence-corrected chi connectivity index (χ3v) is 7.77. The normalized spacial score (nSPS) is 15.8. The maximum absolute atomic E-state index is 13.9. The Morgan fingerprint density at radius 1 is 1.19 bits per heavy atom. The van der Waals surface area contributed by atoms with Crippen LogP contribution in [0.1, 0.15) is 31.2 Å². The highest BCUT2D eigenvalue weighted by Gasteiger charge is 2.34. The molecule has 0 unspecified atom stereocenters. The Bertz CT molecular complexity index is 1970. The molecule has 0 saturated heterocycles. The lowest BCUT2D eigenvalue weighted by Gasteiger charge is -2.24. The highest BCUT2D eigenvalue weighted by atomic mass is 32.1. The van der Waals surface area contributed by atoms with Crippen LogP contribution in [0.5, 0.6) is 17.2 Å². The van der Waals surface area contributed by atoms with E-state index in [0.717, 1.165) is 11.3 Å². The van der Waals surface area contributed by atoms with E-state index < -0.39 is 16.9 Å². The lowest BCUT2D eigenvalue weighted by Crippen LogP contribution is -2.39. The molecule has 0 spiro atoms. The van der Waals surface area contributed by atoms with Crippen molar-refractivity contribution in [1.82, 2.24) is 4.57 Å². The number of furan rings is 1. The first-order valence-electron chi connectivity index (χ1n) is 12.8. The summed E-state index contributed by atoms with van der Waals surface area (Å²) in [5.74, 6) is 1.56. The van der Waals surface area contributed by atoms with Gasteiger partial charge in [-0.25, -0.2) is 9.79 Å². The Hall–Kier alpha value is -5.17. The van der Waals surface area contributed by atoms with Gasteiger partial charge in [-0.15, -0.1) is 0 Å². The van der Waals surface area contributed by atoms with Crippen molar-refractivity contribution in [3.05, 3.63) is 101 Å². The molecule has 2 aliphatic heterocycles. The number of non-ortho nitro benzene ring substituents is 1. The summed E-state index contributed by atoms with van der Waals surface area (Å²) in [4.78, 5) is 42.8. The van der Waals surface area contributed by atoms with E-state index in [1.165, 1.54) is 29.9 Å². The molecule has 0 N–H and O–H groups in total. The minimum Gasteiger partial charge on any atom is -0.496 e. The molecular weight excluding hydrogens is 566 g/mol. The molecule has 214 valence electrons. The van der Waals surface area contributed by atoms with Crippen molar-refractivity contribution in [1.29, 1.82) is 0 Å². The molecule has 0 bridgehead atoms. The van der Waals surface area contributed by atoms with E-state index in [2.05, 4.69) is 4.99 Å². The Labute approximate surface area is 241 Å². The standard InChI is InChI=1S/C29H23N3O9S/c1-4-38-28(34)25-15(2)30-29-31(26(25)16-5-8-22-23(11-16)40-14-39-22)27(33)24(42-29)13-18-7-10-21(41-18)19-12-17(32(35)36)6-9-20(19)37-3/h5-13,26H,4,14H2,1-3H3/b24-13+/t26-/m1/s1. The predicted molar refractivity (Wildman–Crippen MR) is 150 cm³/mol. The second-order valence-electron chi connectivity index (χ2n) is 9.26. The SMILES string of the molecule is CCOC(=O)C1=C(C)N=c2s/c(=C/c3ccc(-c4cc([N+](=O)[O-])ccc4OC)o3)c(=O)n2[C@@H]1c1ccc2c(c1)OCO2. The Kier molecular flexibility index (Phi) is 6.86. The van der Waals surface area contributed by atoms with Crippen LogP contribution in [0.3, 0.4) is 0 Å². The van der Waals surface area contributed by atoms with Crippen LogP contribution in [0.4, 0.5) is 5.69 Å². The average molecular weight is 590 g/mol. The first kappa shape index (κ1) is 27.0. The molecule has 42 heavy (non-hydrogen) atoms. The molecule has 4 heterocycles. The van der Waals surface area contributed by atoms with E-state index in [4.69, 9.17) is 23.4 Å². The number of thiazole rings is 1. The molecule has 0 saturated carbocycles. The summed E-state index contributed by atoms with van der Waals surface area (Å²) in [7, 11) is 1.46. The molecule has 2 aliphatic rings. The van der Waals surface area contributed by atoms with Gasteiger partial charge in [0, 0.05) is 18.2 Å². The minimum absolute atomic E-state index is 0.0779. The van der Waals surface area contributed by atoms with Gasteiger partial charge in [-0.05, 0) is 49.7 Å². The Morgan fingerprint density at radius 3 is 2.76 bits per heavy atom. The molecule has 0 aliphatic carbocycles. The summed E-state index contributed by atoms with van der Waals surface area (Å²) in [6.07, 6.45) is 1.57. The van der Waals surface area contributed by atoms with Crippen molar-refractivity contribution >= 4 is 29.1 Å². The van der Waals surface area contributed by atoms with E-state index in [-0.39, 0.29) is 30.2 Å². The monoisotopic (exact) mass is 589 g/mol. The highest BCUT2D eigenvalue weighted by molar-refractivity contribution is 7.07. The van der Waals surface area contributed by atoms with Crippen molar-refractivity contribution < 1.29 is 33.1 Å². The number of nitrogens with zero attached hydrogens (tertiary/aromatic N) is 3. The molecule has 13 heteroatoms. The van der Waals surface area contributed by atoms with E-state index in [9.17, 15) is 19.7 Å². The number of hydrogen-bond donors (Lipinski definition) is 0. The van der Waals surface area contributed by atoms with Crippen molar-refractivity contribution in [2.75, 3.05) is 20.5 Å². The molecular formula is C29H23N3O9S. The van der Waals surface area contributed by atoms with Gasteiger partial charge in [-0.1, -0.05) is 17.4 Å². The van der Waals surface area contributed by atoms with Crippen molar-refractivity contribution in [2.24, 2.45) is 4.99 Å². The maximum Gasteiger partial charge on any atom is 0.338 e. The van der Waals surface area contributed by atoms with Crippen LogP contribution < -0.4 is 29.1 Å². The maximum atomic E-state index is 13.9. The Morgan fingerprint density at radius 2 is 2.00 bits per heavy atom. The number of allylic oxidation sites excluding steroid dienone is 1. The second-order valence-corrected chi connectivity index (χ2v) is 10.3. The fourth-order valence-corrected chi connectivity index (χ4v) is 5.92. The van der Waals surface area contributed by atoms with Gasteiger partial charge in [0.15, 0.2) is 16.3 Å². The summed E-state index contributed by atoms with van der Waals surface area (Å²) >= 11 is 1.14. The van der Waals surface area contributed by atoms with Crippen LogP contribution in [-0.2, 0) is 9.53 Å². The summed E-state index contributed by atoms with van der Waals surface area (Å²) < 4.78 is 29.4. The Balaban J connectivity index is 1.46. The molecule has 2 aromatic carbocycles. The number of esters is 1. The molecule has 2 aromatic heterocycles. The zero-order valence-corrected chi connectivity index (χ0v) is 23.4. The minimum atomic E-state index is -0.821. The quantitative estimate of drug-likeness (QED) is 0.179. The smallest absolute Gasteiger partial charge is 0.338 e. The van der Waals surface area contributed by atoms with Crippen molar-refractivity contribution in [3.8, 4) is 28.6 Å². The molecule has 4 aromatic rings. The number of nitro benzene ring substituents is 1. The van der Waals surface area contributed by atoms with E-state index in [1.54, 1.807) is 50.3 Å². The third kappa shape index (κ3) is 4.63. The van der Waals surface area contributed by atoms with Crippen LogP contribution in [0.15, 0.2) is 74.0 Å². The zero-order chi connectivity index (χ0) is 29.5. The third-order valence-electron chi connectivity index (χ3n) is 6.79. The van der Waals surface area contributed by atoms with Crippen molar-refractivity contribution in [2.45, 2.75) is 19.9 Å². The number of fused-ring (bicyclic) bond motifs is 2. The van der Waals surface area contributed by atoms with Crippen LogP contribution in [0.25, 0.3) is 17.4 Å². The van der Waals surface area contributed by atoms with Gasteiger partial charge in [0.25, 0.3) is 11.2 Å². The summed E-state index contributed by atoms with van der Waals surface area (Å²) in [6.45, 7) is 3.65. The average Bonchev–Trinajstić information content (AvgIpc) is 3.71. The lowest BCUT2D eigenvalue weighted by atomic mass is 9.95. The fourth-order valence-electron chi connectivity index (χ4n) is 4.90. The van der Waals surface area contributed by atoms with Crippen LogP contribution in [0.2, 0.25) is 0 Å². The van der Waals surface area contributed by atoms with Gasteiger partial charge in [0.1, 0.15) is 17.3 Å². The molecule has 0 amide bonds. The number of aromatic nitrogens is 1. The number of carbonyl (C=O) groups excluding carboxylic acids is 1. The van der Waals surface area contributed by atoms with Gasteiger partial charge < -0.3 is 23.4 Å². The van der Waals surface area contributed by atoms with E-state index in [1.807, 2.05) is 0 Å². The number of nitro groups is 1. The number of benzene rings is 2. The molecule has 0 fully saturated rings. The largest absolute Gasteiger partial charge is 0.496 e. The van der Waals surface area contributed by atoms with Gasteiger partial charge in [-0.3, -0.25) is 19.5 Å². The summed E-state index contributed by atoms with van der Waals surface area (Å²) in [6, 6.07) is 11.9.